The van der Waals surface area contributed by atoms with Gasteiger partial charge in [0.25, 0.3) is 0 Å². The summed E-state index contributed by atoms with van der Waals surface area (Å²) in [6.07, 6.45) is 3.01. The summed E-state index contributed by atoms with van der Waals surface area (Å²) in [5.41, 5.74) is 1.17. The summed E-state index contributed by atoms with van der Waals surface area (Å²) in [5.74, 6) is 0. The number of likely N-dealkylation sites (N-methyl/N-ethyl adjacent to an activating group) is 1. The van der Waals surface area contributed by atoms with E-state index in [2.05, 4.69) is 45.3 Å². The number of nitrogens with one attached hydrogen (secondary N) is 1. The molecule has 1 aromatic heterocycles. The highest BCUT2D eigenvalue weighted by molar-refractivity contribution is 9.10. The molecule has 2 rings (SSSR count). The molecule has 0 aliphatic rings. The number of thiazole rings is 1. The van der Waals surface area contributed by atoms with E-state index in [0.717, 1.165) is 15.9 Å². The predicted octanol–water partition coefficient (Wildman–Crippen LogP) is 3.72. The number of aromatic nitrogens is 1. The van der Waals surface area contributed by atoms with Gasteiger partial charge in [-0.1, -0.05) is 28.1 Å². The standard InChI is InChI=1S/C13H15BrN2S/c1-9(15-2)6-12-8-16-13(17-12)10-4-3-5-11(14)7-10/h3-5,7-9,15H,6H2,1-2H3. The fraction of sp³-hybridized carbons (Fsp3) is 0.308. The number of benzene rings is 1. The van der Waals surface area contributed by atoms with Crippen molar-refractivity contribution in [3.05, 3.63) is 39.8 Å². The van der Waals surface area contributed by atoms with E-state index in [0.29, 0.717) is 6.04 Å². The van der Waals surface area contributed by atoms with Gasteiger partial charge in [-0.05, 0) is 32.5 Å². The molecule has 0 bridgehead atoms. The maximum atomic E-state index is 4.48. The first kappa shape index (κ1) is 12.7. The van der Waals surface area contributed by atoms with Crippen molar-refractivity contribution in [1.82, 2.24) is 10.3 Å². The van der Waals surface area contributed by atoms with Gasteiger partial charge in [0, 0.05) is 27.2 Å². The number of rotatable bonds is 4. The average Bonchev–Trinajstić information content (AvgIpc) is 2.77. The van der Waals surface area contributed by atoms with Gasteiger partial charge in [0.2, 0.25) is 0 Å². The van der Waals surface area contributed by atoms with Gasteiger partial charge in [-0.15, -0.1) is 11.3 Å². The Kier molecular flexibility index (Phi) is 4.31. The van der Waals surface area contributed by atoms with E-state index in [-0.39, 0.29) is 0 Å². The Hall–Kier alpha value is -0.710. The average molecular weight is 311 g/mol. The van der Waals surface area contributed by atoms with E-state index in [9.17, 15) is 0 Å². The number of hydrogen-bond acceptors (Lipinski definition) is 3. The minimum Gasteiger partial charge on any atom is -0.317 e. The minimum atomic E-state index is 0.491. The number of nitrogens with zero attached hydrogens (tertiary/aromatic N) is 1. The van der Waals surface area contributed by atoms with Crippen LogP contribution in [0.2, 0.25) is 0 Å². The fourth-order valence-corrected chi connectivity index (χ4v) is 3.00. The summed E-state index contributed by atoms with van der Waals surface area (Å²) in [4.78, 5) is 5.81. The van der Waals surface area contributed by atoms with Gasteiger partial charge in [-0.25, -0.2) is 4.98 Å². The lowest BCUT2D eigenvalue weighted by Crippen LogP contribution is -2.22. The molecule has 1 N–H and O–H groups in total. The van der Waals surface area contributed by atoms with Crippen LogP contribution in [0.3, 0.4) is 0 Å². The lowest BCUT2D eigenvalue weighted by Gasteiger charge is -2.06. The zero-order chi connectivity index (χ0) is 12.3. The third kappa shape index (κ3) is 3.37. The molecule has 0 aliphatic heterocycles. The SMILES string of the molecule is CNC(C)Cc1cnc(-c2cccc(Br)c2)s1. The van der Waals surface area contributed by atoms with Crippen LogP contribution in [0.1, 0.15) is 11.8 Å². The molecule has 1 aromatic carbocycles. The Morgan fingerprint density at radius 1 is 1.47 bits per heavy atom. The quantitative estimate of drug-likeness (QED) is 0.931. The van der Waals surface area contributed by atoms with Crippen molar-refractivity contribution < 1.29 is 0 Å². The zero-order valence-corrected chi connectivity index (χ0v) is 12.3. The van der Waals surface area contributed by atoms with Crippen LogP contribution in [-0.4, -0.2) is 18.1 Å². The van der Waals surface area contributed by atoms with Gasteiger partial charge in [-0.3, -0.25) is 0 Å². The molecule has 0 amide bonds. The van der Waals surface area contributed by atoms with E-state index >= 15 is 0 Å². The number of hydrogen-bond donors (Lipinski definition) is 1. The molecule has 0 saturated carbocycles. The Labute approximate surface area is 114 Å². The Balaban J connectivity index is 2.18. The monoisotopic (exact) mass is 310 g/mol. The summed E-state index contributed by atoms with van der Waals surface area (Å²) < 4.78 is 1.09. The molecule has 0 radical (unpaired) electrons. The molecule has 2 nitrogen and oxygen atoms in total. The largest absolute Gasteiger partial charge is 0.317 e. The molecule has 1 atom stereocenters. The maximum Gasteiger partial charge on any atom is 0.123 e. The highest BCUT2D eigenvalue weighted by atomic mass is 79.9. The Morgan fingerprint density at radius 3 is 3.00 bits per heavy atom. The molecular weight excluding hydrogens is 296 g/mol. The van der Waals surface area contributed by atoms with Gasteiger partial charge >= 0.3 is 0 Å². The molecule has 0 fully saturated rings. The normalized spacial score (nSPS) is 12.6. The summed E-state index contributed by atoms with van der Waals surface area (Å²) in [5, 5.41) is 4.33. The van der Waals surface area contributed by atoms with Crippen molar-refractivity contribution in [2.75, 3.05) is 7.05 Å². The smallest absolute Gasteiger partial charge is 0.123 e. The van der Waals surface area contributed by atoms with Crippen LogP contribution in [0.25, 0.3) is 10.6 Å². The summed E-state index contributed by atoms with van der Waals surface area (Å²) in [7, 11) is 1.99. The third-order valence-electron chi connectivity index (χ3n) is 2.63. The van der Waals surface area contributed by atoms with Gasteiger partial charge < -0.3 is 5.32 Å². The van der Waals surface area contributed by atoms with Crippen LogP contribution in [-0.2, 0) is 6.42 Å². The Bertz CT molecular complexity index is 496. The van der Waals surface area contributed by atoms with E-state index in [1.807, 2.05) is 25.4 Å². The fourth-order valence-electron chi connectivity index (χ4n) is 1.56. The van der Waals surface area contributed by atoms with Crippen LogP contribution in [0.15, 0.2) is 34.9 Å². The minimum absolute atomic E-state index is 0.491. The Morgan fingerprint density at radius 2 is 2.29 bits per heavy atom. The first-order valence-electron chi connectivity index (χ1n) is 5.57. The maximum absolute atomic E-state index is 4.48. The highest BCUT2D eigenvalue weighted by Crippen LogP contribution is 2.27. The van der Waals surface area contributed by atoms with Crippen molar-refractivity contribution in [1.29, 1.82) is 0 Å². The molecular formula is C13H15BrN2S. The predicted molar refractivity (Wildman–Crippen MR) is 77.5 cm³/mol. The number of halogens is 1. The van der Waals surface area contributed by atoms with E-state index in [4.69, 9.17) is 0 Å². The zero-order valence-electron chi connectivity index (χ0n) is 9.90. The topological polar surface area (TPSA) is 24.9 Å². The van der Waals surface area contributed by atoms with E-state index < -0.39 is 0 Å². The van der Waals surface area contributed by atoms with Crippen molar-refractivity contribution >= 4 is 27.3 Å². The summed E-state index contributed by atoms with van der Waals surface area (Å²) in [6.45, 7) is 2.18. The summed E-state index contributed by atoms with van der Waals surface area (Å²) >= 11 is 5.25. The molecule has 2 aromatic rings. The van der Waals surface area contributed by atoms with Gasteiger partial charge in [0.05, 0.1) is 0 Å². The molecule has 0 saturated heterocycles. The second-order valence-electron chi connectivity index (χ2n) is 4.04. The molecule has 17 heavy (non-hydrogen) atoms. The molecule has 90 valence electrons. The molecule has 0 spiro atoms. The molecule has 0 aliphatic carbocycles. The van der Waals surface area contributed by atoms with Gasteiger partial charge in [0.15, 0.2) is 0 Å². The third-order valence-corrected chi connectivity index (χ3v) is 4.19. The van der Waals surface area contributed by atoms with Crippen LogP contribution in [0.5, 0.6) is 0 Å². The second-order valence-corrected chi connectivity index (χ2v) is 6.07. The van der Waals surface area contributed by atoms with Crippen molar-refractivity contribution in [3.63, 3.8) is 0 Å². The highest BCUT2D eigenvalue weighted by Gasteiger charge is 2.07. The first-order chi connectivity index (χ1) is 8.19. The molecule has 1 heterocycles. The van der Waals surface area contributed by atoms with Crippen LogP contribution >= 0.6 is 27.3 Å². The van der Waals surface area contributed by atoms with Gasteiger partial charge in [-0.2, -0.15) is 0 Å². The van der Waals surface area contributed by atoms with Gasteiger partial charge in [0.1, 0.15) is 5.01 Å². The van der Waals surface area contributed by atoms with Crippen LogP contribution < -0.4 is 5.32 Å². The van der Waals surface area contributed by atoms with Crippen LogP contribution in [0.4, 0.5) is 0 Å². The lowest BCUT2D eigenvalue weighted by molar-refractivity contribution is 0.612. The molecule has 1 unspecified atom stereocenters. The molecule has 4 heteroatoms. The van der Waals surface area contributed by atoms with Crippen LogP contribution in [0, 0.1) is 0 Å². The van der Waals surface area contributed by atoms with Crippen molar-refractivity contribution in [2.45, 2.75) is 19.4 Å². The van der Waals surface area contributed by atoms with Crippen molar-refractivity contribution in [2.24, 2.45) is 0 Å². The lowest BCUT2D eigenvalue weighted by atomic mass is 10.2. The van der Waals surface area contributed by atoms with Crippen molar-refractivity contribution in [3.8, 4) is 10.6 Å². The van der Waals surface area contributed by atoms with E-state index in [1.54, 1.807) is 11.3 Å². The first-order valence-corrected chi connectivity index (χ1v) is 7.18. The van der Waals surface area contributed by atoms with E-state index in [1.165, 1.54) is 10.4 Å². The second kappa shape index (κ2) is 5.76. The summed E-state index contributed by atoms with van der Waals surface area (Å²) in [6, 6.07) is 8.75.